The van der Waals surface area contributed by atoms with Crippen molar-refractivity contribution in [2.45, 2.75) is 31.8 Å². The molecule has 1 aliphatic rings. The van der Waals surface area contributed by atoms with Crippen LogP contribution in [-0.2, 0) is 0 Å². The van der Waals surface area contributed by atoms with Gasteiger partial charge >= 0.3 is 5.97 Å². The molecular formula is C14H18N2O5. The highest BCUT2D eigenvalue weighted by molar-refractivity contribution is 5.95. The molecule has 0 bridgehead atoms. The van der Waals surface area contributed by atoms with Crippen LogP contribution in [0.15, 0.2) is 18.2 Å². The van der Waals surface area contributed by atoms with E-state index >= 15 is 0 Å². The monoisotopic (exact) mass is 294 g/mol. The zero-order valence-corrected chi connectivity index (χ0v) is 11.5. The number of nitrogens with one attached hydrogen (secondary N) is 1. The molecular weight excluding hydrogens is 276 g/mol. The lowest BCUT2D eigenvalue weighted by atomic mass is 9.86. The van der Waals surface area contributed by atoms with Crippen molar-refractivity contribution in [3.05, 3.63) is 33.9 Å². The van der Waals surface area contributed by atoms with Crippen molar-refractivity contribution in [1.82, 2.24) is 0 Å². The molecule has 7 heteroatoms. The number of anilines is 1. The lowest BCUT2D eigenvalue weighted by Crippen LogP contribution is -2.30. The van der Waals surface area contributed by atoms with Crippen LogP contribution in [0.25, 0.3) is 0 Å². The molecule has 0 saturated heterocycles. The number of nitro benzene ring substituents is 1. The third-order valence-electron chi connectivity index (χ3n) is 3.87. The summed E-state index contributed by atoms with van der Waals surface area (Å²) < 4.78 is 0. The molecule has 0 heterocycles. The highest BCUT2D eigenvalue weighted by atomic mass is 16.6. The average Bonchev–Trinajstić information content (AvgIpc) is 2.46. The molecule has 7 nitrogen and oxygen atoms in total. The molecule has 3 N–H and O–H groups in total. The van der Waals surface area contributed by atoms with Crippen molar-refractivity contribution in [2.75, 3.05) is 11.9 Å². The zero-order chi connectivity index (χ0) is 15.4. The predicted molar refractivity (Wildman–Crippen MR) is 76.5 cm³/mol. The molecule has 114 valence electrons. The summed E-state index contributed by atoms with van der Waals surface area (Å²) in [5.74, 6) is -1.14. The van der Waals surface area contributed by atoms with Crippen LogP contribution in [0, 0.1) is 16.0 Å². The Hall–Kier alpha value is -2.15. The summed E-state index contributed by atoms with van der Waals surface area (Å²) in [6, 6.07) is 3.71. The molecule has 2 rings (SSSR count). The number of aliphatic hydroxyl groups excluding tert-OH is 1. The van der Waals surface area contributed by atoms with Crippen LogP contribution in [0.3, 0.4) is 0 Å². The highest BCUT2D eigenvalue weighted by Crippen LogP contribution is 2.27. The summed E-state index contributed by atoms with van der Waals surface area (Å²) in [4.78, 5) is 21.3. The van der Waals surface area contributed by atoms with Gasteiger partial charge < -0.3 is 15.5 Å². The second-order valence-corrected chi connectivity index (χ2v) is 5.28. The largest absolute Gasteiger partial charge is 0.478 e. The first-order valence-corrected chi connectivity index (χ1v) is 6.92. The predicted octanol–water partition coefficient (Wildman–Crippen LogP) is 2.26. The van der Waals surface area contributed by atoms with E-state index in [1.807, 2.05) is 0 Å². The third-order valence-corrected chi connectivity index (χ3v) is 3.87. The molecule has 1 fully saturated rings. The van der Waals surface area contributed by atoms with Crippen molar-refractivity contribution in [3.8, 4) is 0 Å². The highest BCUT2D eigenvalue weighted by Gasteiger charge is 2.23. The SMILES string of the molecule is O=C(O)c1cc([N+](=O)[O-])ccc1NCC1CCCCC1O. The fraction of sp³-hybridized carbons (Fsp3) is 0.500. The molecule has 0 radical (unpaired) electrons. The second-order valence-electron chi connectivity index (χ2n) is 5.28. The van der Waals surface area contributed by atoms with Crippen LogP contribution < -0.4 is 5.32 Å². The average molecular weight is 294 g/mol. The van der Waals surface area contributed by atoms with E-state index < -0.39 is 10.9 Å². The number of carbonyl (C=O) groups is 1. The number of nitro groups is 1. The smallest absolute Gasteiger partial charge is 0.338 e. The van der Waals surface area contributed by atoms with E-state index in [2.05, 4.69) is 5.32 Å². The number of nitrogens with zero attached hydrogens (tertiary/aromatic N) is 1. The molecule has 0 spiro atoms. The maximum absolute atomic E-state index is 11.2. The summed E-state index contributed by atoms with van der Waals surface area (Å²) in [5.41, 5.74) is -0.0453. The molecule has 1 saturated carbocycles. The topological polar surface area (TPSA) is 113 Å². The van der Waals surface area contributed by atoms with Crippen molar-refractivity contribution in [2.24, 2.45) is 5.92 Å². The van der Waals surface area contributed by atoms with Gasteiger partial charge in [-0.3, -0.25) is 10.1 Å². The first-order valence-electron chi connectivity index (χ1n) is 6.92. The Bertz CT molecular complexity index is 546. The molecule has 1 aromatic carbocycles. The quantitative estimate of drug-likeness (QED) is 0.567. The molecule has 0 aromatic heterocycles. The van der Waals surface area contributed by atoms with E-state index in [9.17, 15) is 20.0 Å². The normalized spacial score (nSPS) is 21.8. The van der Waals surface area contributed by atoms with E-state index in [0.29, 0.717) is 12.2 Å². The fourth-order valence-electron chi connectivity index (χ4n) is 2.64. The Kier molecular flexibility index (Phi) is 4.74. The van der Waals surface area contributed by atoms with Crippen LogP contribution in [0.4, 0.5) is 11.4 Å². The number of aliphatic hydroxyl groups is 1. The van der Waals surface area contributed by atoms with E-state index in [1.54, 1.807) is 0 Å². The number of non-ortho nitro benzene ring substituents is 1. The summed E-state index contributed by atoms with van der Waals surface area (Å²) in [5, 5.41) is 32.7. The van der Waals surface area contributed by atoms with Crippen LogP contribution >= 0.6 is 0 Å². The standard InChI is InChI=1S/C14H18N2O5/c17-13-4-2-1-3-9(13)8-15-12-6-5-10(16(20)21)7-11(12)14(18)19/h5-7,9,13,15,17H,1-4,8H2,(H,18,19). The minimum absolute atomic E-state index is 0.0792. The number of carboxylic acid groups (broad SMARTS) is 1. The number of rotatable bonds is 5. The summed E-state index contributed by atoms with van der Waals surface area (Å²) >= 11 is 0. The lowest BCUT2D eigenvalue weighted by molar-refractivity contribution is -0.384. The number of carboxylic acids is 1. The van der Waals surface area contributed by atoms with Gasteiger partial charge in [-0.05, 0) is 18.9 Å². The second kappa shape index (κ2) is 6.53. The van der Waals surface area contributed by atoms with Gasteiger partial charge in [-0.2, -0.15) is 0 Å². The minimum Gasteiger partial charge on any atom is -0.478 e. The van der Waals surface area contributed by atoms with Crippen LogP contribution in [-0.4, -0.2) is 33.8 Å². The third kappa shape index (κ3) is 3.69. The molecule has 0 amide bonds. The van der Waals surface area contributed by atoms with E-state index in [0.717, 1.165) is 31.7 Å². The van der Waals surface area contributed by atoms with Gasteiger partial charge in [-0.15, -0.1) is 0 Å². The van der Waals surface area contributed by atoms with Gasteiger partial charge in [-0.25, -0.2) is 4.79 Å². The zero-order valence-electron chi connectivity index (χ0n) is 11.5. The summed E-state index contributed by atoms with van der Waals surface area (Å²) in [7, 11) is 0. The first-order chi connectivity index (χ1) is 9.99. The van der Waals surface area contributed by atoms with Gasteiger partial charge in [0.05, 0.1) is 16.6 Å². The van der Waals surface area contributed by atoms with Gasteiger partial charge in [0.25, 0.3) is 5.69 Å². The lowest BCUT2D eigenvalue weighted by Gasteiger charge is -2.28. The number of benzene rings is 1. The summed E-state index contributed by atoms with van der Waals surface area (Å²) in [6.45, 7) is 0.458. The Labute approximate surface area is 121 Å². The fourth-order valence-corrected chi connectivity index (χ4v) is 2.64. The van der Waals surface area contributed by atoms with Crippen molar-refractivity contribution in [1.29, 1.82) is 0 Å². The minimum atomic E-state index is -1.22. The molecule has 21 heavy (non-hydrogen) atoms. The van der Waals surface area contributed by atoms with Gasteiger partial charge in [0.2, 0.25) is 0 Å². The number of hydrogen-bond donors (Lipinski definition) is 3. The van der Waals surface area contributed by atoms with Gasteiger partial charge in [-0.1, -0.05) is 12.8 Å². The first kappa shape index (κ1) is 15.2. The molecule has 2 atom stereocenters. The van der Waals surface area contributed by atoms with E-state index in [-0.39, 0.29) is 23.3 Å². The Morgan fingerprint density at radius 2 is 2.10 bits per heavy atom. The van der Waals surface area contributed by atoms with E-state index in [4.69, 9.17) is 5.11 Å². The summed E-state index contributed by atoms with van der Waals surface area (Å²) in [6.07, 6.45) is 3.34. The van der Waals surface area contributed by atoms with Crippen LogP contribution in [0.1, 0.15) is 36.0 Å². The molecule has 1 aromatic rings. The van der Waals surface area contributed by atoms with Crippen molar-refractivity contribution < 1.29 is 19.9 Å². The van der Waals surface area contributed by atoms with Gasteiger partial charge in [0, 0.05) is 30.3 Å². The van der Waals surface area contributed by atoms with Crippen LogP contribution in [0.2, 0.25) is 0 Å². The number of aromatic carboxylic acids is 1. The Morgan fingerprint density at radius 1 is 1.38 bits per heavy atom. The van der Waals surface area contributed by atoms with Crippen molar-refractivity contribution in [3.63, 3.8) is 0 Å². The van der Waals surface area contributed by atoms with E-state index in [1.165, 1.54) is 12.1 Å². The van der Waals surface area contributed by atoms with Gasteiger partial charge in [0.1, 0.15) is 0 Å². The maximum atomic E-state index is 11.2. The Balaban J connectivity index is 2.11. The molecule has 2 unspecified atom stereocenters. The maximum Gasteiger partial charge on any atom is 0.338 e. The van der Waals surface area contributed by atoms with Crippen molar-refractivity contribution >= 4 is 17.3 Å². The molecule has 1 aliphatic carbocycles. The van der Waals surface area contributed by atoms with Crippen LogP contribution in [0.5, 0.6) is 0 Å². The number of hydrogen-bond acceptors (Lipinski definition) is 5. The molecule has 0 aliphatic heterocycles. The Morgan fingerprint density at radius 3 is 2.71 bits per heavy atom. The van der Waals surface area contributed by atoms with Gasteiger partial charge in [0.15, 0.2) is 0 Å².